The van der Waals surface area contributed by atoms with Gasteiger partial charge in [-0.3, -0.25) is 0 Å². The zero-order valence-electron chi connectivity index (χ0n) is 7.54. The Labute approximate surface area is 72.5 Å². The molecule has 0 atom stereocenters. The summed E-state index contributed by atoms with van der Waals surface area (Å²) in [6.07, 6.45) is 3.30. The van der Waals surface area contributed by atoms with Gasteiger partial charge in [0.15, 0.2) is 0 Å². The van der Waals surface area contributed by atoms with Crippen molar-refractivity contribution in [3.05, 3.63) is 24.2 Å². The Kier molecular flexibility index (Phi) is 2.89. The quantitative estimate of drug-likeness (QED) is 0.743. The van der Waals surface area contributed by atoms with E-state index in [-0.39, 0.29) is 5.54 Å². The number of ether oxygens (including phenoxy) is 1. The smallest absolute Gasteiger partial charge is 0.0957 e. The molecular formula is C9H15NO2. The molecule has 1 aromatic rings. The monoisotopic (exact) mass is 169 g/mol. The van der Waals surface area contributed by atoms with Crippen molar-refractivity contribution in [3.8, 4) is 0 Å². The van der Waals surface area contributed by atoms with Crippen LogP contribution in [0, 0.1) is 0 Å². The Morgan fingerprint density at radius 3 is 2.83 bits per heavy atom. The molecule has 12 heavy (non-hydrogen) atoms. The molecule has 68 valence electrons. The van der Waals surface area contributed by atoms with Gasteiger partial charge >= 0.3 is 0 Å². The zero-order chi connectivity index (χ0) is 9.03. The van der Waals surface area contributed by atoms with E-state index in [9.17, 15) is 0 Å². The van der Waals surface area contributed by atoms with Crippen LogP contribution in [-0.4, -0.2) is 12.1 Å². The Bertz CT molecular complexity index is 211. The number of nitrogens with two attached hydrogens (primary N) is 1. The molecule has 0 unspecified atom stereocenters. The van der Waals surface area contributed by atoms with Crippen LogP contribution in [0.3, 0.4) is 0 Å². The lowest BCUT2D eigenvalue weighted by Crippen LogP contribution is -2.37. The predicted molar refractivity (Wildman–Crippen MR) is 46.6 cm³/mol. The lowest BCUT2D eigenvalue weighted by molar-refractivity contribution is 0.0848. The van der Waals surface area contributed by atoms with Gasteiger partial charge in [0.1, 0.15) is 0 Å². The molecule has 0 aromatic carbocycles. The van der Waals surface area contributed by atoms with E-state index in [1.165, 1.54) is 0 Å². The topological polar surface area (TPSA) is 48.4 Å². The van der Waals surface area contributed by atoms with E-state index >= 15 is 0 Å². The summed E-state index contributed by atoms with van der Waals surface area (Å²) in [7, 11) is 0. The van der Waals surface area contributed by atoms with E-state index in [4.69, 9.17) is 14.9 Å². The summed E-state index contributed by atoms with van der Waals surface area (Å²) in [5.41, 5.74) is 6.51. The minimum absolute atomic E-state index is 0.260. The van der Waals surface area contributed by atoms with Crippen molar-refractivity contribution in [2.24, 2.45) is 5.73 Å². The molecule has 0 bridgehead atoms. The van der Waals surface area contributed by atoms with E-state index in [2.05, 4.69) is 0 Å². The van der Waals surface area contributed by atoms with Crippen molar-refractivity contribution >= 4 is 0 Å². The lowest BCUT2D eigenvalue weighted by Gasteiger charge is -2.17. The third kappa shape index (κ3) is 3.55. The summed E-state index contributed by atoms with van der Waals surface area (Å²) in [6, 6.07) is 1.88. The van der Waals surface area contributed by atoms with Gasteiger partial charge in [0.05, 0.1) is 25.7 Å². The van der Waals surface area contributed by atoms with Crippen molar-refractivity contribution in [3.63, 3.8) is 0 Å². The highest BCUT2D eigenvalue weighted by atomic mass is 16.5. The average Bonchev–Trinajstić information content (AvgIpc) is 2.36. The van der Waals surface area contributed by atoms with Gasteiger partial charge < -0.3 is 14.9 Å². The number of rotatable bonds is 4. The van der Waals surface area contributed by atoms with Gasteiger partial charge in [0.2, 0.25) is 0 Å². The second-order valence-corrected chi connectivity index (χ2v) is 3.61. The van der Waals surface area contributed by atoms with Crippen LogP contribution in [0.1, 0.15) is 19.4 Å². The van der Waals surface area contributed by atoms with Crippen LogP contribution < -0.4 is 5.73 Å². The first-order valence-corrected chi connectivity index (χ1v) is 3.96. The minimum atomic E-state index is -0.260. The second kappa shape index (κ2) is 3.74. The van der Waals surface area contributed by atoms with Gasteiger partial charge in [0.25, 0.3) is 0 Å². The van der Waals surface area contributed by atoms with Crippen molar-refractivity contribution in [1.29, 1.82) is 0 Å². The average molecular weight is 169 g/mol. The Morgan fingerprint density at radius 2 is 2.33 bits per heavy atom. The third-order valence-corrected chi connectivity index (χ3v) is 1.32. The minimum Gasteiger partial charge on any atom is -0.472 e. The first-order valence-electron chi connectivity index (χ1n) is 3.96. The van der Waals surface area contributed by atoms with Gasteiger partial charge in [0, 0.05) is 11.1 Å². The first-order chi connectivity index (χ1) is 5.58. The van der Waals surface area contributed by atoms with Gasteiger partial charge in [-0.05, 0) is 19.9 Å². The van der Waals surface area contributed by atoms with Gasteiger partial charge in [-0.15, -0.1) is 0 Å². The maximum Gasteiger partial charge on any atom is 0.0957 e. The van der Waals surface area contributed by atoms with Gasteiger partial charge in [-0.25, -0.2) is 0 Å². The zero-order valence-corrected chi connectivity index (χ0v) is 7.54. The Balaban J connectivity index is 2.20. The largest absolute Gasteiger partial charge is 0.472 e. The van der Waals surface area contributed by atoms with Crippen LogP contribution in [0.25, 0.3) is 0 Å². The molecule has 0 aliphatic heterocycles. The molecule has 1 aromatic heterocycles. The van der Waals surface area contributed by atoms with Crippen LogP contribution in [0.5, 0.6) is 0 Å². The van der Waals surface area contributed by atoms with Crippen LogP contribution in [0.15, 0.2) is 23.0 Å². The molecule has 0 radical (unpaired) electrons. The summed E-state index contributed by atoms with van der Waals surface area (Å²) in [6.45, 7) is 4.99. The molecule has 0 amide bonds. The summed E-state index contributed by atoms with van der Waals surface area (Å²) in [5.74, 6) is 0. The van der Waals surface area contributed by atoms with Crippen molar-refractivity contribution in [2.45, 2.75) is 26.0 Å². The molecule has 3 nitrogen and oxygen atoms in total. The molecule has 0 fully saturated rings. The molecule has 0 saturated carbocycles. The normalized spacial score (nSPS) is 11.9. The Hall–Kier alpha value is -0.800. The number of hydrogen-bond donors (Lipinski definition) is 1. The standard InChI is InChI=1S/C9H15NO2/c1-9(2,10)7-12-6-8-3-4-11-5-8/h3-5H,6-7,10H2,1-2H3. The maximum atomic E-state index is 5.73. The third-order valence-electron chi connectivity index (χ3n) is 1.32. The SMILES string of the molecule is CC(C)(N)COCc1ccoc1. The fourth-order valence-electron chi connectivity index (χ4n) is 0.807. The molecule has 0 aliphatic carbocycles. The van der Waals surface area contributed by atoms with Crippen LogP contribution >= 0.6 is 0 Å². The summed E-state index contributed by atoms with van der Waals surface area (Å²) < 4.78 is 10.2. The van der Waals surface area contributed by atoms with E-state index in [1.807, 2.05) is 19.9 Å². The van der Waals surface area contributed by atoms with Crippen molar-refractivity contribution < 1.29 is 9.15 Å². The fourth-order valence-corrected chi connectivity index (χ4v) is 0.807. The molecule has 0 aliphatic rings. The van der Waals surface area contributed by atoms with E-state index < -0.39 is 0 Å². The molecule has 1 heterocycles. The predicted octanol–water partition coefficient (Wildman–Crippen LogP) is 1.53. The van der Waals surface area contributed by atoms with E-state index in [0.717, 1.165) is 5.56 Å². The highest BCUT2D eigenvalue weighted by molar-refractivity contribution is 5.03. The highest BCUT2D eigenvalue weighted by Crippen LogP contribution is 2.04. The molecule has 2 N–H and O–H groups in total. The number of hydrogen-bond acceptors (Lipinski definition) is 3. The van der Waals surface area contributed by atoms with Crippen LogP contribution in [0.2, 0.25) is 0 Å². The molecule has 0 saturated heterocycles. The molecular weight excluding hydrogens is 154 g/mol. The first kappa shape index (κ1) is 9.29. The summed E-state index contributed by atoms with van der Waals surface area (Å²) >= 11 is 0. The molecule has 1 rings (SSSR count). The van der Waals surface area contributed by atoms with E-state index in [1.54, 1.807) is 12.5 Å². The van der Waals surface area contributed by atoms with Crippen molar-refractivity contribution in [1.82, 2.24) is 0 Å². The second-order valence-electron chi connectivity index (χ2n) is 3.61. The van der Waals surface area contributed by atoms with Crippen molar-refractivity contribution in [2.75, 3.05) is 6.61 Å². The lowest BCUT2D eigenvalue weighted by atomic mass is 10.1. The summed E-state index contributed by atoms with van der Waals surface area (Å²) in [5, 5.41) is 0. The van der Waals surface area contributed by atoms with Gasteiger partial charge in [-0.1, -0.05) is 0 Å². The number of furan rings is 1. The molecule has 0 spiro atoms. The van der Waals surface area contributed by atoms with E-state index in [0.29, 0.717) is 13.2 Å². The Morgan fingerprint density at radius 1 is 1.58 bits per heavy atom. The fraction of sp³-hybridized carbons (Fsp3) is 0.556. The van der Waals surface area contributed by atoms with Crippen LogP contribution in [-0.2, 0) is 11.3 Å². The van der Waals surface area contributed by atoms with Crippen LogP contribution in [0.4, 0.5) is 0 Å². The summed E-state index contributed by atoms with van der Waals surface area (Å²) in [4.78, 5) is 0. The molecule has 3 heteroatoms. The van der Waals surface area contributed by atoms with Gasteiger partial charge in [-0.2, -0.15) is 0 Å². The maximum absolute atomic E-state index is 5.73. The highest BCUT2D eigenvalue weighted by Gasteiger charge is 2.10.